The lowest BCUT2D eigenvalue weighted by Crippen LogP contribution is -2.58. The number of carbonyl (C=O) groups excluding carboxylic acids is 4. The molecule has 1 unspecified atom stereocenters. The number of aromatic nitrogens is 2. The molecular weight excluding hydrogens is 705 g/mol. The standard InChI is InChI=1S/C37H50N6O9S/c1-22-31(39-28-18-24(50-6)14-15-26(28)38-22)51-25-19-29-30(44)41-37(33(46)42-53(48,49)36(5)16-17-36)20-23(37)12-10-8-7-9-11-13-27(32(45)43(29)21-25)40-34(47)52-35(2,3)4/h10,12,14-15,18,23,25,27,29H,7-9,11,13,16-17,19-21H2,1-6H3,(H,40,47)(H,41,44)(H,42,46)/b12-10-/t23?,25-,27+,29+,37-/m1/s1. The van der Waals surface area contributed by atoms with Crippen LogP contribution in [-0.4, -0.2) is 94.8 Å². The van der Waals surface area contributed by atoms with Gasteiger partial charge in [0, 0.05) is 18.4 Å². The number of sulfonamides is 1. The number of nitrogens with one attached hydrogen (secondary N) is 3. The summed E-state index contributed by atoms with van der Waals surface area (Å²) >= 11 is 0. The smallest absolute Gasteiger partial charge is 0.408 e. The molecule has 4 aliphatic rings. The minimum atomic E-state index is -3.99. The summed E-state index contributed by atoms with van der Waals surface area (Å²) in [6, 6.07) is 3.16. The van der Waals surface area contributed by atoms with Gasteiger partial charge in [0.25, 0.3) is 5.91 Å². The van der Waals surface area contributed by atoms with Gasteiger partial charge in [-0.05, 0) is 85.3 Å². The first-order chi connectivity index (χ1) is 24.9. The first-order valence-electron chi connectivity index (χ1n) is 18.3. The van der Waals surface area contributed by atoms with Gasteiger partial charge in [-0.15, -0.1) is 0 Å². The Bertz CT molecular complexity index is 1920. The van der Waals surface area contributed by atoms with Gasteiger partial charge in [0.2, 0.25) is 27.7 Å². The van der Waals surface area contributed by atoms with E-state index in [-0.39, 0.29) is 25.3 Å². The first kappa shape index (κ1) is 38.3. The van der Waals surface area contributed by atoms with Crippen molar-refractivity contribution in [3.8, 4) is 11.6 Å². The highest BCUT2D eigenvalue weighted by Crippen LogP contribution is 2.47. The maximum Gasteiger partial charge on any atom is 0.408 e. The molecular formula is C37H50N6O9S. The second-order valence-electron chi connectivity index (χ2n) is 15.9. The van der Waals surface area contributed by atoms with Crippen LogP contribution in [0.1, 0.15) is 91.2 Å². The molecule has 3 N–H and O–H groups in total. The van der Waals surface area contributed by atoms with E-state index in [1.54, 1.807) is 59.9 Å². The normalized spacial score (nSPS) is 27.9. The first-order valence-corrected chi connectivity index (χ1v) is 19.8. The summed E-state index contributed by atoms with van der Waals surface area (Å²) in [6.45, 7) is 8.47. The van der Waals surface area contributed by atoms with E-state index >= 15 is 0 Å². The summed E-state index contributed by atoms with van der Waals surface area (Å²) in [7, 11) is -2.44. The molecule has 3 heterocycles. The number of methoxy groups -OCH3 is 1. The van der Waals surface area contributed by atoms with Gasteiger partial charge >= 0.3 is 6.09 Å². The minimum Gasteiger partial charge on any atom is -0.497 e. The van der Waals surface area contributed by atoms with E-state index in [4.69, 9.17) is 14.2 Å². The maximum absolute atomic E-state index is 14.4. The topological polar surface area (TPSA) is 195 Å². The highest BCUT2D eigenvalue weighted by atomic mass is 32.2. The summed E-state index contributed by atoms with van der Waals surface area (Å²) in [5, 5.41) is 5.61. The third kappa shape index (κ3) is 8.36. The number of carbonyl (C=O) groups is 4. The second-order valence-corrected chi connectivity index (χ2v) is 18.1. The van der Waals surface area contributed by atoms with Crippen LogP contribution >= 0.6 is 0 Å². The van der Waals surface area contributed by atoms with Crippen molar-refractivity contribution in [2.45, 2.75) is 126 Å². The zero-order chi connectivity index (χ0) is 38.3. The molecule has 16 heteroatoms. The quantitative estimate of drug-likeness (QED) is 0.350. The zero-order valence-corrected chi connectivity index (χ0v) is 32.0. The van der Waals surface area contributed by atoms with Crippen molar-refractivity contribution in [1.82, 2.24) is 30.2 Å². The summed E-state index contributed by atoms with van der Waals surface area (Å²) in [6.07, 6.45) is 6.58. The van der Waals surface area contributed by atoms with Crippen LogP contribution in [0.2, 0.25) is 0 Å². The monoisotopic (exact) mass is 754 g/mol. The molecule has 2 aliphatic heterocycles. The van der Waals surface area contributed by atoms with Crippen molar-refractivity contribution in [2.75, 3.05) is 13.7 Å². The number of hydrogen-bond acceptors (Lipinski definition) is 11. The number of amides is 4. The van der Waals surface area contributed by atoms with Crippen LogP contribution in [0.15, 0.2) is 30.4 Å². The fourth-order valence-electron chi connectivity index (χ4n) is 6.90. The lowest BCUT2D eigenvalue weighted by atomic mass is 10.0. The van der Waals surface area contributed by atoms with Gasteiger partial charge in [0.05, 0.1) is 29.4 Å². The summed E-state index contributed by atoms with van der Waals surface area (Å²) in [4.78, 5) is 66.2. The van der Waals surface area contributed by atoms with Crippen molar-refractivity contribution >= 4 is 44.9 Å². The third-order valence-electron chi connectivity index (χ3n) is 10.4. The van der Waals surface area contributed by atoms with Gasteiger partial charge in [-0.2, -0.15) is 0 Å². The molecule has 15 nitrogen and oxygen atoms in total. The summed E-state index contributed by atoms with van der Waals surface area (Å²) in [5.41, 5.74) is -0.662. The number of nitrogens with zero attached hydrogens (tertiary/aromatic N) is 3. The Morgan fingerprint density at radius 1 is 1.08 bits per heavy atom. The van der Waals surface area contributed by atoms with Crippen molar-refractivity contribution in [3.63, 3.8) is 0 Å². The zero-order valence-electron chi connectivity index (χ0n) is 31.2. The lowest BCUT2D eigenvalue weighted by Gasteiger charge is -2.30. The van der Waals surface area contributed by atoms with Crippen LogP contribution in [0.3, 0.4) is 0 Å². The Morgan fingerprint density at radius 2 is 1.83 bits per heavy atom. The fourth-order valence-corrected chi connectivity index (χ4v) is 8.21. The van der Waals surface area contributed by atoms with E-state index in [1.807, 2.05) is 12.2 Å². The van der Waals surface area contributed by atoms with Crippen LogP contribution in [-0.2, 0) is 29.1 Å². The molecule has 1 aromatic carbocycles. The molecule has 53 heavy (non-hydrogen) atoms. The number of rotatable bonds is 7. The number of alkyl carbamates (subject to hydrolysis) is 1. The molecule has 4 amide bonds. The van der Waals surface area contributed by atoms with Gasteiger partial charge in [-0.25, -0.2) is 23.2 Å². The van der Waals surface area contributed by atoms with E-state index < -0.39 is 73.8 Å². The average Bonchev–Trinajstić information content (AvgIpc) is 3.96. The summed E-state index contributed by atoms with van der Waals surface area (Å²) in [5.74, 6) is -1.58. The molecule has 2 aliphatic carbocycles. The van der Waals surface area contributed by atoms with Gasteiger partial charge in [-0.1, -0.05) is 25.0 Å². The molecule has 6 rings (SSSR count). The fraction of sp³-hybridized carbons (Fsp3) is 0.622. The number of benzene rings is 1. The number of ether oxygens (including phenoxy) is 3. The predicted molar refractivity (Wildman–Crippen MR) is 194 cm³/mol. The van der Waals surface area contributed by atoms with E-state index in [0.29, 0.717) is 54.6 Å². The van der Waals surface area contributed by atoms with E-state index in [1.165, 1.54) is 4.90 Å². The Hall–Kier alpha value is -4.47. The minimum absolute atomic E-state index is 0.0303. The Balaban J connectivity index is 1.31. The second kappa shape index (κ2) is 14.4. The van der Waals surface area contributed by atoms with Crippen molar-refractivity contribution < 1.29 is 41.8 Å². The number of hydrogen-bond donors (Lipinski definition) is 3. The highest BCUT2D eigenvalue weighted by molar-refractivity contribution is 7.91. The molecule has 2 aromatic rings. The van der Waals surface area contributed by atoms with Crippen molar-refractivity contribution in [3.05, 3.63) is 36.0 Å². The van der Waals surface area contributed by atoms with Crippen LogP contribution in [0, 0.1) is 12.8 Å². The van der Waals surface area contributed by atoms with Crippen LogP contribution < -0.4 is 24.8 Å². The molecule has 0 bridgehead atoms. The van der Waals surface area contributed by atoms with Crippen LogP contribution in [0.5, 0.6) is 11.6 Å². The van der Waals surface area contributed by atoms with E-state index in [9.17, 15) is 27.6 Å². The SMILES string of the molecule is COc1ccc2nc(C)c(O[C@@H]3C[C@H]4C(=O)N[C@]5(C(=O)NS(=O)(=O)C6(C)CC6)CC5/C=C\CCCCC[C@H](NC(=O)OC(C)(C)C)C(=O)N4C3)nc2c1. The number of fused-ring (bicyclic) bond motifs is 3. The molecule has 1 aromatic heterocycles. The van der Waals surface area contributed by atoms with Crippen LogP contribution in [0.4, 0.5) is 4.79 Å². The van der Waals surface area contributed by atoms with Crippen molar-refractivity contribution in [1.29, 1.82) is 0 Å². The average molecular weight is 755 g/mol. The largest absolute Gasteiger partial charge is 0.497 e. The van der Waals surface area contributed by atoms with Gasteiger partial charge in [-0.3, -0.25) is 19.1 Å². The highest BCUT2D eigenvalue weighted by Gasteiger charge is 2.63. The maximum atomic E-state index is 14.4. The predicted octanol–water partition coefficient (Wildman–Crippen LogP) is 3.58. The molecule has 2 saturated carbocycles. The number of allylic oxidation sites excluding steroid dienone is 1. The molecule has 3 fully saturated rings. The summed E-state index contributed by atoms with van der Waals surface area (Å²) < 4.78 is 44.6. The Kier molecular flexibility index (Phi) is 10.4. The van der Waals surface area contributed by atoms with Gasteiger partial charge in [0.15, 0.2) is 0 Å². The van der Waals surface area contributed by atoms with Gasteiger partial charge in [0.1, 0.15) is 40.8 Å². The van der Waals surface area contributed by atoms with Gasteiger partial charge < -0.3 is 29.7 Å². The Morgan fingerprint density at radius 3 is 2.53 bits per heavy atom. The molecule has 1 saturated heterocycles. The van der Waals surface area contributed by atoms with Crippen molar-refractivity contribution in [2.24, 2.45) is 5.92 Å². The number of aryl methyl sites for hydroxylation is 1. The third-order valence-corrected chi connectivity index (χ3v) is 12.6. The Labute approximate surface area is 310 Å². The van der Waals surface area contributed by atoms with E-state index in [0.717, 1.165) is 12.8 Å². The molecule has 5 atom stereocenters. The van der Waals surface area contributed by atoms with E-state index in [2.05, 4.69) is 25.3 Å². The molecule has 288 valence electrons. The molecule has 0 radical (unpaired) electrons. The molecule has 0 spiro atoms. The lowest BCUT2D eigenvalue weighted by molar-refractivity contribution is -0.141. The van der Waals surface area contributed by atoms with Crippen LogP contribution in [0.25, 0.3) is 11.0 Å².